The number of aromatic nitrogens is 2. The molecule has 1 atom stereocenters. The minimum absolute atomic E-state index is 0.206. The van der Waals surface area contributed by atoms with Gasteiger partial charge in [0.2, 0.25) is 5.91 Å². The first kappa shape index (κ1) is 22.9. The Bertz CT molecular complexity index is 1380. The van der Waals surface area contributed by atoms with Crippen molar-refractivity contribution in [3.63, 3.8) is 0 Å². The molecule has 7 nitrogen and oxygen atoms in total. The second-order valence-electron chi connectivity index (χ2n) is 8.80. The van der Waals surface area contributed by atoms with Gasteiger partial charge in [-0.3, -0.25) is 19.2 Å². The van der Waals surface area contributed by atoms with E-state index < -0.39 is 5.54 Å². The summed E-state index contributed by atoms with van der Waals surface area (Å²) in [6.07, 6.45) is 0. The average molecular weight is 487 g/mol. The second-order valence-corrected chi connectivity index (χ2v) is 9.75. The summed E-state index contributed by atoms with van der Waals surface area (Å²) >= 11 is 1.56. The quantitative estimate of drug-likeness (QED) is 0.430. The first-order valence-electron chi connectivity index (χ1n) is 11.3. The number of aryl methyl sites for hydroxylation is 1. The van der Waals surface area contributed by atoms with Gasteiger partial charge in [-0.1, -0.05) is 48.0 Å². The first-order valence-corrected chi connectivity index (χ1v) is 12.2. The van der Waals surface area contributed by atoms with Gasteiger partial charge >= 0.3 is 0 Å². The molecule has 4 aromatic rings. The smallest absolute Gasteiger partial charge is 0.277 e. The number of rotatable bonds is 6. The summed E-state index contributed by atoms with van der Waals surface area (Å²) in [5, 5.41) is 9.70. The normalized spacial score (nSPS) is 17.2. The van der Waals surface area contributed by atoms with Crippen LogP contribution in [0.1, 0.15) is 28.5 Å². The molecule has 1 aliphatic heterocycles. The molecule has 2 aromatic heterocycles. The summed E-state index contributed by atoms with van der Waals surface area (Å²) in [6.45, 7) is 4.36. The molecule has 0 saturated carbocycles. The molecule has 0 aliphatic carbocycles. The van der Waals surface area contributed by atoms with Gasteiger partial charge in [-0.15, -0.1) is 11.3 Å². The van der Waals surface area contributed by atoms with Crippen LogP contribution in [0.15, 0.2) is 72.1 Å². The Labute approximate surface area is 208 Å². The molecule has 1 aliphatic rings. The van der Waals surface area contributed by atoms with Gasteiger partial charge in [-0.2, -0.15) is 5.10 Å². The summed E-state index contributed by atoms with van der Waals surface area (Å²) in [7, 11) is 1.56. The SMILES string of the molecule is COc1ccccc1N1C(=O)c2cc(-c3cccs3)nn2C[C@@]1(C)C(=O)NCc1ccc(C)cc1. The minimum Gasteiger partial charge on any atom is -0.495 e. The maximum Gasteiger partial charge on any atom is 0.277 e. The van der Waals surface area contributed by atoms with E-state index in [2.05, 4.69) is 10.4 Å². The van der Waals surface area contributed by atoms with E-state index in [4.69, 9.17) is 4.74 Å². The topological polar surface area (TPSA) is 76.5 Å². The fourth-order valence-corrected chi connectivity index (χ4v) is 5.08. The molecule has 35 heavy (non-hydrogen) atoms. The lowest BCUT2D eigenvalue weighted by Gasteiger charge is -2.43. The summed E-state index contributed by atoms with van der Waals surface area (Å²) in [5.74, 6) is -0.0509. The number of methoxy groups -OCH3 is 1. The van der Waals surface area contributed by atoms with E-state index >= 15 is 0 Å². The number of benzene rings is 2. The number of fused-ring (bicyclic) bond motifs is 1. The van der Waals surface area contributed by atoms with Gasteiger partial charge in [0.25, 0.3) is 5.91 Å². The van der Waals surface area contributed by atoms with Crippen molar-refractivity contribution in [1.29, 1.82) is 0 Å². The van der Waals surface area contributed by atoms with Gasteiger partial charge in [-0.25, -0.2) is 0 Å². The monoisotopic (exact) mass is 486 g/mol. The third-order valence-corrected chi connectivity index (χ3v) is 7.21. The largest absolute Gasteiger partial charge is 0.495 e. The summed E-state index contributed by atoms with van der Waals surface area (Å²) in [5.41, 5.74) is 2.59. The number of nitrogens with zero attached hydrogens (tertiary/aromatic N) is 3. The van der Waals surface area contributed by atoms with Crippen molar-refractivity contribution in [2.45, 2.75) is 32.5 Å². The van der Waals surface area contributed by atoms with Crippen LogP contribution in [0.3, 0.4) is 0 Å². The Kier molecular flexibility index (Phi) is 5.90. The van der Waals surface area contributed by atoms with Gasteiger partial charge in [-0.05, 0) is 49.1 Å². The zero-order chi connectivity index (χ0) is 24.6. The molecule has 8 heteroatoms. The van der Waals surface area contributed by atoms with Crippen LogP contribution in [0.4, 0.5) is 5.69 Å². The molecule has 178 valence electrons. The molecule has 2 amide bonds. The third-order valence-electron chi connectivity index (χ3n) is 6.32. The average Bonchev–Trinajstić information content (AvgIpc) is 3.54. The molecule has 3 heterocycles. The van der Waals surface area contributed by atoms with E-state index in [0.717, 1.165) is 16.0 Å². The predicted molar refractivity (Wildman–Crippen MR) is 137 cm³/mol. The highest BCUT2D eigenvalue weighted by atomic mass is 32.1. The Balaban J connectivity index is 1.55. The zero-order valence-electron chi connectivity index (χ0n) is 19.8. The second kappa shape index (κ2) is 9.03. The molecular weight excluding hydrogens is 460 g/mol. The Morgan fingerprint density at radius 2 is 1.91 bits per heavy atom. The first-order chi connectivity index (χ1) is 16.9. The van der Waals surface area contributed by atoms with Crippen LogP contribution in [0, 0.1) is 6.92 Å². The van der Waals surface area contributed by atoms with Crippen molar-refractivity contribution < 1.29 is 14.3 Å². The Morgan fingerprint density at radius 1 is 1.14 bits per heavy atom. The number of anilines is 1. The van der Waals surface area contributed by atoms with Gasteiger partial charge in [0, 0.05) is 6.54 Å². The minimum atomic E-state index is -1.23. The van der Waals surface area contributed by atoms with Crippen LogP contribution in [0.2, 0.25) is 0 Å². The maximum atomic E-state index is 13.9. The van der Waals surface area contributed by atoms with Crippen LogP contribution in [-0.2, 0) is 17.9 Å². The van der Waals surface area contributed by atoms with Gasteiger partial charge in [0.05, 0.1) is 24.2 Å². The van der Waals surface area contributed by atoms with Crippen molar-refractivity contribution in [2.24, 2.45) is 0 Å². The molecule has 0 fully saturated rings. The highest BCUT2D eigenvalue weighted by Crippen LogP contribution is 2.39. The lowest BCUT2D eigenvalue weighted by atomic mass is 9.93. The van der Waals surface area contributed by atoms with Crippen LogP contribution < -0.4 is 15.0 Å². The number of carbonyl (C=O) groups excluding carboxylic acids is 2. The van der Waals surface area contributed by atoms with E-state index in [1.165, 1.54) is 0 Å². The molecule has 2 aromatic carbocycles. The maximum absolute atomic E-state index is 13.9. The van der Waals surface area contributed by atoms with Crippen LogP contribution in [-0.4, -0.2) is 34.2 Å². The zero-order valence-corrected chi connectivity index (χ0v) is 20.6. The van der Waals surface area contributed by atoms with Crippen molar-refractivity contribution in [2.75, 3.05) is 12.0 Å². The van der Waals surface area contributed by atoms with Crippen molar-refractivity contribution >= 4 is 28.8 Å². The lowest BCUT2D eigenvalue weighted by molar-refractivity contribution is -0.126. The standard InChI is InChI=1S/C27H26N4O3S/c1-18-10-12-19(13-11-18)16-28-26(33)27(2)17-30-22(15-20(29-30)24-9-6-14-35-24)25(32)31(27)21-7-4-5-8-23(21)34-3/h4-15H,16-17H2,1-3H3,(H,28,33)/t27-/m0/s1. The summed E-state index contributed by atoms with van der Waals surface area (Å²) in [4.78, 5) is 30.2. The van der Waals surface area contributed by atoms with Crippen molar-refractivity contribution in [3.8, 4) is 16.3 Å². The number of hydrogen-bond acceptors (Lipinski definition) is 5. The van der Waals surface area contributed by atoms with Crippen molar-refractivity contribution in [1.82, 2.24) is 15.1 Å². The van der Waals surface area contributed by atoms with E-state index in [1.54, 1.807) is 53.2 Å². The van der Waals surface area contributed by atoms with E-state index in [-0.39, 0.29) is 18.4 Å². The third kappa shape index (κ3) is 4.10. The van der Waals surface area contributed by atoms with Crippen LogP contribution >= 0.6 is 11.3 Å². The van der Waals surface area contributed by atoms with E-state index in [1.807, 2.05) is 60.8 Å². The molecular formula is C27H26N4O3S. The number of nitrogens with one attached hydrogen (secondary N) is 1. The van der Waals surface area contributed by atoms with Gasteiger partial charge < -0.3 is 10.1 Å². The molecule has 0 unspecified atom stereocenters. The highest BCUT2D eigenvalue weighted by molar-refractivity contribution is 7.13. The number of ether oxygens (including phenoxy) is 1. The Hall–Kier alpha value is -3.91. The molecule has 0 saturated heterocycles. The lowest BCUT2D eigenvalue weighted by Crippen LogP contribution is -2.64. The van der Waals surface area contributed by atoms with Crippen LogP contribution in [0.25, 0.3) is 10.6 Å². The van der Waals surface area contributed by atoms with Crippen molar-refractivity contribution in [3.05, 3.63) is 88.9 Å². The van der Waals surface area contributed by atoms with Gasteiger partial charge in [0.15, 0.2) is 0 Å². The fraction of sp³-hybridized carbons (Fsp3) is 0.222. The number of thiophene rings is 1. The van der Waals surface area contributed by atoms with E-state index in [9.17, 15) is 9.59 Å². The van der Waals surface area contributed by atoms with Gasteiger partial charge in [0.1, 0.15) is 22.7 Å². The molecule has 0 spiro atoms. The summed E-state index contributed by atoms with van der Waals surface area (Å²) < 4.78 is 7.21. The highest BCUT2D eigenvalue weighted by Gasteiger charge is 2.49. The molecule has 5 rings (SSSR count). The molecule has 0 bridgehead atoms. The van der Waals surface area contributed by atoms with Crippen LogP contribution in [0.5, 0.6) is 5.75 Å². The Morgan fingerprint density at radius 3 is 2.63 bits per heavy atom. The summed E-state index contributed by atoms with van der Waals surface area (Å²) in [6, 6.07) is 21.0. The fourth-order valence-electron chi connectivity index (χ4n) is 4.40. The number of hydrogen-bond donors (Lipinski definition) is 1. The number of carbonyl (C=O) groups is 2. The van der Waals surface area contributed by atoms with E-state index in [0.29, 0.717) is 29.4 Å². The predicted octanol–water partition coefficient (Wildman–Crippen LogP) is 4.66. The molecule has 0 radical (unpaired) electrons. The molecule has 1 N–H and O–H groups in total. The number of amides is 2. The number of para-hydroxylation sites is 2.